The van der Waals surface area contributed by atoms with Gasteiger partial charge in [-0.2, -0.15) is 0 Å². The highest BCUT2D eigenvalue weighted by molar-refractivity contribution is 6.31. The van der Waals surface area contributed by atoms with Gasteiger partial charge in [-0.15, -0.1) is 0 Å². The van der Waals surface area contributed by atoms with E-state index in [1.165, 1.54) is 44.9 Å². The number of carbonyl (C=O) groups is 1. The Morgan fingerprint density at radius 3 is 2.00 bits per heavy atom. The average molecular weight is 413 g/mol. The number of guanidine groups is 1. The summed E-state index contributed by atoms with van der Waals surface area (Å²) in [6.07, 6.45) is 12.0. The van der Waals surface area contributed by atoms with Crippen molar-refractivity contribution in [3.8, 4) is 0 Å². The number of aliphatic imine (C=N–C) groups is 1. The maximum Gasteiger partial charge on any atom is 0.280 e. The summed E-state index contributed by atoms with van der Waals surface area (Å²) in [6, 6.07) is 0. The second kappa shape index (κ2) is 14.0. The van der Waals surface area contributed by atoms with Gasteiger partial charge in [0.15, 0.2) is 28.4 Å². The first kappa shape index (κ1) is 23.9. The van der Waals surface area contributed by atoms with Gasteiger partial charge < -0.3 is 22.9 Å². The standard InChI is InChI=1S/C18H33ClN8O/c19-14-16(22)26-15(21)13(25-14)17(28)27-18(23)24-12-10-8-6-4-2-1-3-5-7-9-11-20/h1-12,20H2,(H4,21,22,26)(H3,23,24,27,28). The van der Waals surface area contributed by atoms with Gasteiger partial charge in [-0.3, -0.25) is 15.1 Å². The molecule has 0 bridgehead atoms. The average Bonchev–Trinajstić information content (AvgIpc) is 2.65. The number of nitrogens with zero attached hydrogens (tertiary/aromatic N) is 3. The van der Waals surface area contributed by atoms with Crippen LogP contribution in [0.3, 0.4) is 0 Å². The van der Waals surface area contributed by atoms with Crippen molar-refractivity contribution in [1.29, 1.82) is 0 Å². The molecule has 0 radical (unpaired) electrons. The quantitative estimate of drug-likeness (QED) is 0.187. The minimum Gasteiger partial charge on any atom is -0.382 e. The number of rotatable bonds is 13. The smallest absolute Gasteiger partial charge is 0.280 e. The lowest BCUT2D eigenvalue weighted by Gasteiger charge is -2.07. The largest absolute Gasteiger partial charge is 0.382 e. The molecule has 0 aliphatic carbocycles. The highest BCUT2D eigenvalue weighted by Crippen LogP contribution is 2.17. The van der Waals surface area contributed by atoms with Crippen LogP contribution in [0.5, 0.6) is 0 Å². The molecule has 1 aromatic rings. The maximum absolute atomic E-state index is 12.1. The van der Waals surface area contributed by atoms with E-state index in [-0.39, 0.29) is 28.4 Å². The molecule has 9 N–H and O–H groups in total. The van der Waals surface area contributed by atoms with Crippen molar-refractivity contribution in [2.45, 2.75) is 64.2 Å². The van der Waals surface area contributed by atoms with Crippen LogP contribution in [0.15, 0.2) is 4.99 Å². The maximum atomic E-state index is 12.1. The van der Waals surface area contributed by atoms with Gasteiger partial charge in [-0.25, -0.2) is 9.97 Å². The summed E-state index contributed by atoms with van der Waals surface area (Å²) in [5, 5.41) is 2.33. The molecule has 1 rings (SSSR count). The van der Waals surface area contributed by atoms with E-state index < -0.39 is 5.91 Å². The normalized spacial score (nSPS) is 11.6. The number of hydrogen-bond acceptors (Lipinski definition) is 7. The van der Waals surface area contributed by atoms with Crippen LogP contribution in [0, 0.1) is 0 Å². The first-order valence-corrected chi connectivity index (χ1v) is 10.2. The Labute approximate surface area is 171 Å². The fourth-order valence-corrected chi connectivity index (χ4v) is 2.82. The number of nitrogens with one attached hydrogen (secondary N) is 1. The summed E-state index contributed by atoms with van der Waals surface area (Å²) in [7, 11) is 0. The van der Waals surface area contributed by atoms with Gasteiger partial charge in [0, 0.05) is 6.54 Å². The highest BCUT2D eigenvalue weighted by Gasteiger charge is 2.16. The second-order valence-electron chi connectivity index (χ2n) is 6.68. The van der Waals surface area contributed by atoms with Gasteiger partial charge in [0.2, 0.25) is 0 Å². The van der Waals surface area contributed by atoms with E-state index >= 15 is 0 Å². The summed E-state index contributed by atoms with van der Waals surface area (Å²) in [5.74, 6) is -0.772. The van der Waals surface area contributed by atoms with Gasteiger partial charge in [-0.1, -0.05) is 63.0 Å². The Balaban J connectivity index is 2.15. The number of amides is 1. The van der Waals surface area contributed by atoms with E-state index in [0.29, 0.717) is 6.54 Å². The Kier molecular flexibility index (Phi) is 11.9. The number of halogens is 1. The monoisotopic (exact) mass is 412 g/mol. The van der Waals surface area contributed by atoms with Crippen LogP contribution in [0.25, 0.3) is 0 Å². The zero-order chi connectivity index (χ0) is 20.8. The topological polar surface area (TPSA) is 171 Å². The molecule has 9 nitrogen and oxygen atoms in total. The third-order valence-corrected chi connectivity index (χ3v) is 4.53. The lowest BCUT2D eigenvalue weighted by molar-refractivity contribution is 0.0972. The molecule has 1 amide bonds. The third-order valence-electron chi connectivity index (χ3n) is 4.26. The number of unbranched alkanes of at least 4 members (excludes halogenated alkanes) is 9. The van der Waals surface area contributed by atoms with Crippen LogP contribution in [0.1, 0.15) is 74.7 Å². The zero-order valence-electron chi connectivity index (χ0n) is 16.4. The zero-order valence-corrected chi connectivity index (χ0v) is 17.2. The lowest BCUT2D eigenvalue weighted by Crippen LogP contribution is -2.38. The molecule has 1 heterocycles. The fraction of sp³-hybridized carbons (Fsp3) is 0.667. The molecular weight excluding hydrogens is 380 g/mol. The van der Waals surface area contributed by atoms with Crippen LogP contribution >= 0.6 is 11.6 Å². The molecule has 0 aliphatic rings. The fourth-order valence-electron chi connectivity index (χ4n) is 2.69. The van der Waals surface area contributed by atoms with E-state index in [9.17, 15) is 4.79 Å². The summed E-state index contributed by atoms with van der Waals surface area (Å²) < 4.78 is 0. The van der Waals surface area contributed by atoms with E-state index in [1.807, 2.05) is 0 Å². The number of hydrogen-bond donors (Lipinski definition) is 5. The molecule has 158 valence electrons. The number of nitrogen functional groups attached to an aromatic ring is 2. The van der Waals surface area contributed by atoms with Crippen LogP contribution in [-0.2, 0) is 0 Å². The number of nitrogens with two attached hydrogens (primary N) is 4. The minimum atomic E-state index is -0.625. The first-order chi connectivity index (χ1) is 13.5. The van der Waals surface area contributed by atoms with Gasteiger partial charge >= 0.3 is 0 Å². The Hall–Kier alpha value is -2.13. The second-order valence-corrected chi connectivity index (χ2v) is 7.04. The SMILES string of the molecule is NCCCCCCCCCCCCN=C(N)NC(=O)c1nc(Cl)c(N)nc1N. The number of aromatic nitrogens is 2. The molecule has 0 unspecified atom stereocenters. The number of carbonyl (C=O) groups excluding carboxylic acids is 1. The van der Waals surface area contributed by atoms with Crippen LogP contribution in [-0.4, -0.2) is 34.9 Å². The summed E-state index contributed by atoms with van der Waals surface area (Å²) in [4.78, 5) is 23.8. The molecule has 0 atom stereocenters. The predicted molar refractivity (Wildman–Crippen MR) is 115 cm³/mol. The number of anilines is 2. The Bertz CT molecular complexity index is 638. The minimum absolute atomic E-state index is 0.0108. The van der Waals surface area contributed by atoms with Crippen molar-refractivity contribution in [3.05, 3.63) is 10.8 Å². The first-order valence-electron chi connectivity index (χ1n) is 9.85. The molecule has 10 heteroatoms. The summed E-state index contributed by atoms with van der Waals surface area (Å²) in [6.45, 7) is 1.35. The summed E-state index contributed by atoms with van der Waals surface area (Å²) >= 11 is 5.76. The van der Waals surface area contributed by atoms with Crippen molar-refractivity contribution in [3.63, 3.8) is 0 Å². The van der Waals surface area contributed by atoms with Crippen LogP contribution < -0.4 is 28.3 Å². The van der Waals surface area contributed by atoms with Crippen molar-refractivity contribution in [1.82, 2.24) is 15.3 Å². The van der Waals surface area contributed by atoms with Gasteiger partial charge in [0.05, 0.1) is 0 Å². The van der Waals surface area contributed by atoms with Crippen LogP contribution in [0.4, 0.5) is 11.6 Å². The third kappa shape index (κ3) is 9.70. The predicted octanol–water partition coefficient (Wildman–Crippen LogP) is 2.20. The van der Waals surface area contributed by atoms with Gasteiger partial charge in [0.1, 0.15) is 0 Å². The van der Waals surface area contributed by atoms with Gasteiger partial charge in [0.25, 0.3) is 5.91 Å². The summed E-state index contributed by atoms with van der Waals surface area (Å²) in [5.41, 5.74) is 22.2. The van der Waals surface area contributed by atoms with Crippen LogP contribution in [0.2, 0.25) is 5.15 Å². The lowest BCUT2D eigenvalue weighted by atomic mass is 10.1. The van der Waals surface area contributed by atoms with Gasteiger partial charge in [-0.05, 0) is 19.4 Å². The Morgan fingerprint density at radius 2 is 1.43 bits per heavy atom. The van der Waals surface area contributed by atoms with Crippen molar-refractivity contribution >= 4 is 35.1 Å². The van der Waals surface area contributed by atoms with E-state index in [1.54, 1.807) is 0 Å². The molecule has 0 aromatic carbocycles. The molecule has 0 fully saturated rings. The molecule has 0 saturated heterocycles. The van der Waals surface area contributed by atoms with E-state index in [0.717, 1.165) is 25.8 Å². The molecular formula is C18H33ClN8O. The highest BCUT2D eigenvalue weighted by atomic mass is 35.5. The molecule has 0 spiro atoms. The van der Waals surface area contributed by atoms with Crippen molar-refractivity contribution in [2.24, 2.45) is 16.5 Å². The van der Waals surface area contributed by atoms with Crippen molar-refractivity contribution in [2.75, 3.05) is 24.6 Å². The van der Waals surface area contributed by atoms with Crippen molar-refractivity contribution < 1.29 is 4.79 Å². The molecule has 28 heavy (non-hydrogen) atoms. The molecule has 0 saturated carbocycles. The Morgan fingerprint density at radius 1 is 0.893 bits per heavy atom. The molecule has 1 aromatic heterocycles. The van der Waals surface area contributed by atoms with E-state index in [2.05, 4.69) is 20.3 Å². The molecule has 0 aliphatic heterocycles. The van der Waals surface area contributed by atoms with E-state index in [4.69, 9.17) is 34.5 Å².